The molecule has 2 aliphatic rings. The van der Waals surface area contributed by atoms with Gasteiger partial charge in [-0.3, -0.25) is 14.4 Å². The third kappa shape index (κ3) is 4.68. The molecule has 2 aromatic carbocycles. The zero-order valence-electron chi connectivity index (χ0n) is 18.9. The number of ketones is 1. The summed E-state index contributed by atoms with van der Waals surface area (Å²) in [5.41, 5.74) is 7.67. The number of nitrogens with zero attached hydrogens (tertiary/aromatic N) is 1. The highest BCUT2D eigenvalue weighted by Crippen LogP contribution is 2.47. The number of Topliss-reactive ketones (excluding diaryl/α,β-unsaturated/α-hetero) is 1. The first kappa shape index (κ1) is 23.5. The number of amides is 2. The highest BCUT2D eigenvalue weighted by molar-refractivity contribution is 7.12. The first-order valence-electron chi connectivity index (χ1n) is 11.6. The maximum atomic E-state index is 14.0. The van der Waals surface area contributed by atoms with Crippen LogP contribution in [-0.2, 0) is 9.59 Å². The van der Waals surface area contributed by atoms with Crippen LogP contribution in [0.2, 0.25) is 5.02 Å². The van der Waals surface area contributed by atoms with E-state index in [0.717, 1.165) is 24.0 Å². The van der Waals surface area contributed by atoms with Gasteiger partial charge in [-0.1, -0.05) is 72.3 Å². The highest BCUT2D eigenvalue weighted by Gasteiger charge is 2.57. The molecule has 1 saturated carbocycles. The molecule has 5 nitrogen and oxygen atoms in total. The maximum Gasteiger partial charge on any atom is 0.240 e. The summed E-state index contributed by atoms with van der Waals surface area (Å²) in [5, 5.41) is 2.41. The Morgan fingerprint density at radius 3 is 2.29 bits per heavy atom. The van der Waals surface area contributed by atoms with E-state index < -0.39 is 29.8 Å². The minimum absolute atomic E-state index is 0.0972. The number of halogens is 1. The molecule has 35 heavy (non-hydrogen) atoms. The lowest BCUT2D eigenvalue weighted by atomic mass is 9.78. The summed E-state index contributed by atoms with van der Waals surface area (Å²) in [5.74, 6) is -2.22. The number of carbonyl (C=O) groups is 3. The number of rotatable bonds is 7. The molecule has 0 bridgehead atoms. The van der Waals surface area contributed by atoms with Gasteiger partial charge in [-0.15, -0.1) is 11.3 Å². The molecule has 1 saturated heterocycles. The maximum absolute atomic E-state index is 14.0. The van der Waals surface area contributed by atoms with Crippen molar-refractivity contribution in [3.63, 3.8) is 0 Å². The quantitative estimate of drug-likeness (QED) is 0.450. The van der Waals surface area contributed by atoms with Crippen molar-refractivity contribution in [2.75, 3.05) is 0 Å². The molecular formula is C28H25ClN2O3S. The topological polar surface area (TPSA) is 80.5 Å². The van der Waals surface area contributed by atoms with Crippen LogP contribution in [-0.4, -0.2) is 34.6 Å². The Kier molecular flexibility index (Phi) is 6.58. The van der Waals surface area contributed by atoms with Gasteiger partial charge in [-0.2, -0.15) is 0 Å². The van der Waals surface area contributed by atoms with E-state index in [-0.39, 0.29) is 17.6 Å². The first-order chi connectivity index (χ1) is 17.0. The first-order valence-corrected chi connectivity index (χ1v) is 12.9. The highest BCUT2D eigenvalue weighted by atomic mass is 35.5. The Morgan fingerprint density at radius 1 is 0.971 bits per heavy atom. The fourth-order valence-electron chi connectivity index (χ4n) is 5.04. The average molecular weight is 505 g/mol. The minimum Gasteiger partial charge on any atom is -0.368 e. The summed E-state index contributed by atoms with van der Waals surface area (Å²) in [4.78, 5) is 42.7. The van der Waals surface area contributed by atoms with E-state index in [0.29, 0.717) is 9.90 Å². The fraction of sp³-hybridized carbons (Fsp3) is 0.250. The van der Waals surface area contributed by atoms with Crippen molar-refractivity contribution in [3.8, 4) is 0 Å². The normalized spacial score (nSPS) is 24.1. The van der Waals surface area contributed by atoms with Gasteiger partial charge in [0.2, 0.25) is 11.8 Å². The molecule has 3 aromatic rings. The van der Waals surface area contributed by atoms with E-state index >= 15 is 0 Å². The lowest BCUT2D eigenvalue weighted by molar-refractivity contribution is -0.139. The zero-order valence-corrected chi connectivity index (χ0v) is 20.5. The molecule has 4 atom stereocenters. The number of carbonyl (C=O) groups excluding carboxylic acids is 3. The van der Waals surface area contributed by atoms with Crippen molar-refractivity contribution < 1.29 is 14.4 Å². The van der Waals surface area contributed by atoms with Crippen molar-refractivity contribution in [2.45, 2.75) is 30.8 Å². The number of primary amides is 1. The minimum atomic E-state index is -0.941. The number of hydrogen-bond donors (Lipinski definition) is 1. The van der Waals surface area contributed by atoms with Gasteiger partial charge in [0.1, 0.15) is 6.04 Å². The second-order valence-corrected chi connectivity index (χ2v) is 10.5. The van der Waals surface area contributed by atoms with Crippen molar-refractivity contribution in [1.29, 1.82) is 0 Å². The van der Waals surface area contributed by atoms with Gasteiger partial charge < -0.3 is 10.6 Å². The number of likely N-dealkylation sites (tertiary alicyclic amines) is 1. The lowest BCUT2D eigenvalue weighted by Crippen LogP contribution is -2.49. The molecule has 0 spiro atoms. The van der Waals surface area contributed by atoms with Crippen molar-refractivity contribution in [2.24, 2.45) is 17.6 Å². The van der Waals surface area contributed by atoms with E-state index in [4.69, 9.17) is 17.3 Å². The van der Waals surface area contributed by atoms with Crippen LogP contribution in [0.1, 0.15) is 39.6 Å². The molecule has 7 heteroatoms. The van der Waals surface area contributed by atoms with Crippen molar-refractivity contribution in [3.05, 3.63) is 99.2 Å². The molecule has 4 unspecified atom stereocenters. The van der Waals surface area contributed by atoms with Gasteiger partial charge in [0.05, 0.1) is 16.8 Å². The van der Waals surface area contributed by atoms with Crippen LogP contribution >= 0.6 is 22.9 Å². The van der Waals surface area contributed by atoms with Crippen LogP contribution in [0.4, 0.5) is 0 Å². The van der Waals surface area contributed by atoms with Crippen LogP contribution in [0.15, 0.2) is 78.2 Å². The molecule has 2 N–H and O–H groups in total. The summed E-state index contributed by atoms with van der Waals surface area (Å²) in [7, 11) is 0. The monoisotopic (exact) mass is 504 g/mol. The van der Waals surface area contributed by atoms with Gasteiger partial charge in [-0.25, -0.2) is 0 Å². The lowest BCUT2D eigenvalue weighted by Gasteiger charge is -2.29. The van der Waals surface area contributed by atoms with Gasteiger partial charge >= 0.3 is 0 Å². The summed E-state index contributed by atoms with van der Waals surface area (Å²) in [6, 6.07) is 18.9. The van der Waals surface area contributed by atoms with Gasteiger partial charge in [-0.05, 0) is 47.5 Å². The third-order valence-electron chi connectivity index (χ3n) is 6.80. The molecular weight excluding hydrogens is 480 g/mol. The molecule has 1 aliphatic carbocycles. The summed E-state index contributed by atoms with van der Waals surface area (Å²) in [6.07, 6.45) is 5.36. The standard InChI is InChI=1S/C28H25ClN2O3S/c29-20-13-11-18(12-14-20)23-24(26(32)22-7-4-16-35-22)21(15-8-17-5-2-1-3-6-17)31(25(23)27(30)33)28(34)19-9-10-19/h1-8,11-16,19,21,23-25H,9-10H2,(H2,30,33). The molecule has 0 radical (unpaired) electrons. The summed E-state index contributed by atoms with van der Waals surface area (Å²) in [6.45, 7) is 0. The largest absolute Gasteiger partial charge is 0.368 e. The SMILES string of the molecule is NC(=O)C1C(c2ccc(Cl)cc2)C(C(=O)c2cccs2)C(C=Cc2ccccc2)N1C(=O)C1CC1. The Hall–Kier alpha value is -3.22. The molecule has 5 rings (SSSR count). The Bertz CT molecular complexity index is 1250. The van der Waals surface area contributed by atoms with Crippen LogP contribution < -0.4 is 5.73 Å². The molecule has 178 valence electrons. The van der Waals surface area contributed by atoms with Gasteiger partial charge in [0.25, 0.3) is 0 Å². The average Bonchev–Trinajstić information content (AvgIpc) is 3.45. The summed E-state index contributed by atoms with van der Waals surface area (Å²) >= 11 is 7.50. The van der Waals surface area contributed by atoms with Gasteiger partial charge in [0.15, 0.2) is 5.78 Å². The number of benzene rings is 2. The van der Waals surface area contributed by atoms with Crippen LogP contribution in [0.5, 0.6) is 0 Å². The molecule has 2 heterocycles. The van der Waals surface area contributed by atoms with Crippen LogP contribution in [0.25, 0.3) is 6.08 Å². The van der Waals surface area contributed by atoms with Crippen LogP contribution in [0.3, 0.4) is 0 Å². The molecule has 1 aromatic heterocycles. The van der Waals surface area contributed by atoms with E-state index in [1.54, 1.807) is 23.1 Å². The summed E-state index contributed by atoms with van der Waals surface area (Å²) < 4.78 is 0. The van der Waals surface area contributed by atoms with Crippen molar-refractivity contribution in [1.82, 2.24) is 4.90 Å². The second kappa shape index (κ2) is 9.80. The fourth-order valence-corrected chi connectivity index (χ4v) is 5.88. The second-order valence-electron chi connectivity index (χ2n) is 9.07. The number of nitrogens with two attached hydrogens (primary N) is 1. The van der Waals surface area contributed by atoms with E-state index in [2.05, 4.69) is 0 Å². The zero-order chi connectivity index (χ0) is 24.5. The molecule has 2 amide bonds. The predicted octanol–water partition coefficient (Wildman–Crippen LogP) is 5.17. The smallest absolute Gasteiger partial charge is 0.240 e. The third-order valence-corrected chi connectivity index (χ3v) is 7.93. The Labute approximate surface area is 213 Å². The molecule has 1 aliphatic heterocycles. The number of hydrogen-bond acceptors (Lipinski definition) is 4. The van der Waals surface area contributed by atoms with Crippen LogP contribution in [0, 0.1) is 11.8 Å². The van der Waals surface area contributed by atoms with E-state index in [1.165, 1.54) is 11.3 Å². The van der Waals surface area contributed by atoms with Gasteiger partial charge in [0, 0.05) is 16.9 Å². The Balaban J connectivity index is 1.67. The Morgan fingerprint density at radius 2 is 1.69 bits per heavy atom. The van der Waals surface area contributed by atoms with E-state index in [9.17, 15) is 14.4 Å². The number of thiophene rings is 1. The van der Waals surface area contributed by atoms with E-state index in [1.807, 2.05) is 66.1 Å². The van der Waals surface area contributed by atoms with Crippen molar-refractivity contribution >= 4 is 46.6 Å². The predicted molar refractivity (Wildman–Crippen MR) is 138 cm³/mol. The molecule has 2 fully saturated rings.